The highest BCUT2D eigenvalue weighted by Gasteiger charge is 2.07. The van der Waals surface area contributed by atoms with Gasteiger partial charge < -0.3 is 16.0 Å². The predicted octanol–water partition coefficient (Wildman–Crippen LogP) is 2.59. The summed E-state index contributed by atoms with van der Waals surface area (Å²) in [5.74, 6) is -0.144. The smallest absolute Gasteiger partial charge is 0.255 e. The van der Waals surface area contributed by atoms with E-state index in [0.717, 1.165) is 5.69 Å². The molecule has 3 N–H and O–H groups in total. The van der Waals surface area contributed by atoms with Crippen molar-refractivity contribution in [3.63, 3.8) is 0 Å². The molecule has 2 aromatic carbocycles. The highest BCUT2D eigenvalue weighted by molar-refractivity contribution is 6.05. The summed E-state index contributed by atoms with van der Waals surface area (Å²) in [7, 11) is 3.88. The minimum Gasteiger partial charge on any atom is -0.399 e. The molecule has 19 heavy (non-hydrogen) atoms. The molecule has 0 aromatic heterocycles. The van der Waals surface area contributed by atoms with Crippen LogP contribution in [0, 0.1) is 0 Å². The minimum atomic E-state index is -0.144. The zero-order valence-corrected chi connectivity index (χ0v) is 11.1. The van der Waals surface area contributed by atoms with Gasteiger partial charge in [-0.1, -0.05) is 12.1 Å². The molecule has 0 aliphatic carbocycles. The van der Waals surface area contributed by atoms with Gasteiger partial charge in [-0.15, -0.1) is 0 Å². The molecule has 0 bridgehead atoms. The summed E-state index contributed by atoms with van der Waals surface area (Å²) in [6, 6.07) is 14.6. The third kappa shape index (κ3) is 3.25. The fourth-order valence-corrected chi connectivity index (χ4v) is 1.75. The summed E-state index contributed by atoms with van der Waals surface area (Å²) >= 11 is 0. The molecule has 2 aromatic rings. The molecule has 0 aliphatic heterocycles. The first-order valence-corrected chi connectivity index (χ1v) is 6.00. The van der Waals surface area contributed by atoms with Crippen molar-refractivity contribution in [2.45, 2.75) is 0 Å². The van der Waals surface area contributed by atoms with Gasteiger partial charge in [-0.3, -0.25) is 4.79 Å². The van der Waals surface area contributed by atoms with Crippen molar-refractivity contribution in [3.8, 4) is 0 Å². The highest BCUT2D eigenvalue weighted by Crippen LogP contribution is 2.16. The number of nitrogens with one attached hydrogen (secondary N) is 1. The van der Waals surface area contributed by atoms with E-state index in [1.165, 1.54) is 0 Å². The van der Waals surface area contributed by atoms with Crippen LogP contribution in [-0.4, -0.2) is 20.0 Å². The van der Waals surface area contributed by atoms with Crippen molar-refractivity contribution >= 4 is 23.0 Å². The SMILES string of the molecule is CN(C)c1cccc(C(=O)Nc2cccc(N)c2)c1. The van der Waals surface area contributed by atoms with Gasteiger partial charge >= 0.3 is 0 Å². The number of rotatable bonds is 3. The van der Waals surface area contributed by atoms with Crippen molar-refractivity contribution in [1.29, 1.82) is 0 Å². The van der Waals surface area contributed by atoms with E-state index in [1.807, 2.05) is 43.3 Å². The normalized spacial score (nSPS) is 10.0. The fourth-order valence-electron chi connectivity index (χ4n) is 1.75. The maximum atomic E-state index is 12.1. The van der Waals surface area contributed by atoms with Crippen LogP contribution in [0.1, 0.15) is 10.4 Å². The molecule has 0 aliphatic rings. The first kappa shape index (κ1) is 13.0. The van der Waals surface area contributed by atoms with Gasteiger partial charge in [0.15, 0.2) is 0 Å². The number of hydrogen-bond acceptors (Lipinski definition) is 3. The van der Waals surface area contributed by atoms with E-state index in [9.17, 15) is 4.79 Å². The molecule has 98 valence electrons. The lowest BCUT2D eigenvalue weighted by atomic mass is 10.1. The number of nitrogens with two attached hydrogens (primary N) is 1. The molecular weight excluding hydrogens is 238 g/mol. The standard InChI is InChI=1S/C15H17N3O/c1-18(2)14-8-3-5-11(9-14)15(19)17-13-7-4-6-12(16)10-13/h3-10H,16H2,1-2H3,(H,17,19). The molecule has 4 heteroatoms. The first-order valence-electron chi connectivity index (χ1n) is 6.00. The monoisotopic (exact) mass is 255 g/mol. The van der Waals surface area contributed by atoms with Gasteiger partial charge in [-0.05, 0) is 36.4 Å². The lowest BCUT2D eigenvalue weighted by Gasteiger charge is -2.13. The van der Waals surface area contributed by atoms with Crippen LogP contribution >= 0.6 is 0 Å². The zero-order chi connectivity index (χ0) is 13.8. The van der Waals surface area contributed by atoms with Crippen molar-refractivity contribution in [1.82, 2.24) is 0 Å². The fraction of sp³-hybridized carbons (Fsp3) is 0.133. The van der Waals surface area contributed by atoms with Gasteiger partial charge in [-0.25, -0.2) is 0 Å². The Morgan fingerprint density at radius 1 is 1.11 bits per heavy atom. The van der Waals surface area contributed by atoms with Crippen LogP contribution < -0.4 is 16.0 Å². The van der Waals surface area contributed by atoms with E-state index in [0.29, 0.717) is 16.9 Å². The predicted molar refractivity (Wildman–Crippen MR) is 79.6 cm³/mol. The number of amides is 1. The maximum Gasteiger partial charge on any atom is 0.255 e. The Bertz CT molecular complexity index is 593. The number of carbonyl (C=O) groups excluding carboxylic acids is 1. The van der Waals surface area contributed by atoms with Gasteiger partial charge in [0.1, 0.15) is 0 Å². The zero-order valence-electron chi connectivity index (χ0n) is 11.1. The maximum absolute atomic E-state index is 12.1. The van der Waals surface area contributed by atoms with Crippen LogP contribution in [0.2, 0.25) is 0 Å². The number of hydrogen-bond donors (Lipinski definition) is 2. The molecule has 4 nitrogen and oxygen atoms in total. The second-order valence-corrected chi connectivity index (χ2v) is 4.52. The van der Waals surface area contributed by atoms with Crippen LogP contribution in [0.25, 0.3) is 0 Å². The van der Waals surface area contributed by atoms with Crippen LogP contribution in [0.3, 0.4) is 0 Å². The van der Waals surface area contributed by atoms with Crippen LogP contribution in [0.15, 0.2) is 48.5 Å². The molecule has 2 rings (SSSR count). The second-order valence-electron chi connectivity index (χ2n) is 4.52. The summed E-state index contributed by atoms with van der Waals surface area (Å²) in [6.07, 6.45) is 0. The lowest BCUT2D eigenvalue weighted by molar-refractivity contribution is 0.102. The van der Waals surface area contributed by atoms with Crippen molar-refractivity contribution in [2.75, 3.05) is 30.0 Å². The van der Waals surface area contributed by atoms with E-state index >= 15 is 0 Å². The lowest BCUT2D eigenvalue weighted by Crippen LogP contribution is -2.14. The van der Waals surface area contributed by atoms with E-state index in [-0.39, 0.29) is 5.91 Å². The number of carbonyl (C=O) groups is 1. The van der Waals surface area contributed by atoms with Gasteiger partial charge in [-0.2, -0.15) is 0 Å². The van der Waals surface area contributed by atoms with Gasteiger partial charge in [0.2, 0.25) is 0 Å². The van der Waals surface area contributed by atoms with Crippen LogP contribution in [0.4, 0.5) is 17.1 Å². The summed E-state index contributed by atoms with van der Waals surface area (Å²) in [4.78, 5) is 14.1. The Balaban J connectivity index is 2.18. The Labute approximate surface area is 112 Å². The average molecular weight is 255 g/mol. The number of benzene rings is 2. The Morgan fingerprint density at radius 3 is 2.53 bits per heavy atom. The molecule has 1 amide bonds. The van der Waals surface area contributed by atoms with E-state index in [1.54, 1.807) is 24.3 Å². The van der Waals surface area contributed by atoms with Gasteiger partial charge in [0.05, 0.1) is 0 Å². The van der Waals surface area contributed by atoms with Crippen molar-refractivity contribution < 1.29 is 4.79 Å². The highest BCUT2D eigenvalue weighted by atomic mass is 16.1. The first-order chi connectivity index (χ1) is 9.06. The third-order valence-electron chi connectivity index (χ3n) is 2.77. The summed E-state index contributed by atoms with van der Waals surface area (Å²) in [5.41, 5.74) is 8.60. The van der Waals surface area contributed by atoms with Crippen molar-refractivity contribution in [3.05, 3.63) is 54.1 Å². The van der Waals surface area contributed by atoms with Gasteiger partial charge in [0, 0.05) is 36.7 Å². The minimum absolute atomic E-state index is 0.144. The van der Waals surface area contributed by atoms with E-state index in [4.69, 9.17) is 5.73 Å². The van der Waals surface area contributed by atoms with Crippen molar-refractivity contribution in [2.24, 2.45) is 0 Å². The van der Waals surface area contributed by atoms with Crippen LogP contribution in [-0.2, 0) is 0 Å². The Morgan fingerprint density at radius 2 is 1.84 bits per heavy atom. The average Bonchev–Trinajstić information content (AvgIpc) is 2.39. The van der Waals surface area contributed by atoms with E-state index < -0.39 is 0 Å². The molecule has 0 radical (unpaired) electrons. The Kier molecular flexibility index (Phi) is 3.71. The number of nitrogen functional groups attached to an aromatic ring is 1. The molecule has 0 spiro atoms. The summed E-state index contributed by atoms with van der Waals surface area (Å²) < 4.78 is 0. The quantitative estimate of drug-likeness (QED) is 0.829. The molecule has 0 fully saturated rings. The molecule has 0 saturated heterocycles. The number of nitrogens with zero attached hydrogens (tertiary/aromatic N) is 1. The second kappa shape index (κ2) is 5.44. The molecular formula is C15H17N3O. The summed E-state index contributed by atoms with van der Waals surface area (Å²) in [5, 5.41) is 2.83. The molecule has 0 atom stereocenters. The summed E-state index contributed by atoms with van der Waals surface area (Å²) in [6.45, 7) is 0. The molecule has 0 unspecified atom stereocenters. The third-order valence-corrected chi connectivity index (χ3v) is 2.77. The van der Waals surface area contributed by atoms with Gasteiger partial charge in [0.25, 0.3) is 5.91 Å². The largest absolute Gasteiger partial charge is 0.399 e. The van der Waals surface area contributed by atoms with Crippen LogP contribution in [0.5, 0.6) is 0 Å². The molecule has 0 saturated carbocycles. The number of anilines is 3. The molecule has 0 heterocycles. The Hall–Kier alpha value is -2.49. The topological polar surface area (TPSA) is 58.4 Å². The van der Waals surface area contributed by atoms with E-state index in [2.05, 4.69) is 5.32 Å².